The van der Waals surface area contributed by atoms with Crippen molar-refractivity contribution >= 4 is 12.4 Å². The second kappa shape index (κ2) is 5.06. The number of benzene rings is 1. The van der Waals surface area contributed by atoms with Crippen LogP contribution in [0.4, 0.5) is 13.2 Å². The van der Waals surface area contributed by atoms with Gasteiger partial charge in [0.2, 0.25) is 0 Å². The number of hydrogen-bond acceptors (Lipinski definition) is 1. The Morgan fingerprint density at radius 1 is 1.19 bits per heavy atom. The van der Waals surface area contributed by atoms with Crippen molar-refractivity contribution in [1.82, 2.24) is 0 Å². The van der Waals surface area contributed by atoms with E-state index >= 15 is 0 Å². The van der Waals surface area contributed by atoms with Crippen molar-refractivity contribution in [3.63, 3.8) is 0 Å². The molecule has 0 saturated heterocycles. The Morgan fingerprint density at radius 3 is 2.12 bits per heavy atom. The van der Waals surface area contributed by atoms with E-state index in [1.165, 1.54) is 0 Å². The van der Waals surface area contributed by atoms with E-state index in [2.05, 4.69) is 0 Å². The van der Waals surface area contributed by atoms with Crippen molar-refractivity contribution in [2.45, 2.75) is 25.3 Å². The first-order valence-corrected chi connectivity index (χ1v) is 4.98. The van der Waals surface area contributed by atoms with Crippen LogP contribution in [0.15, 0.2) is 12.1 Å². The van der Waals surface area contributed by atoms with Gasteiger partial charge in [-0.2, -0.15) is 0 Å². The molecule has 1 saturated carbocycles. The highest BCUT2D eigenvalue weighted by Crippen LogP contribution is 2.37. The predicted octanol–water partition coefficient (Wildman–Crippen LogP) is 3.33. The van der Waals surface area contributed by atoms with E-state index < -0.39 is 23.5 Å². The molecule has 0 spiro atoms. The van der Waals surface area contributed by atoms with Crippen LogP contribution in [0.3, 0.4) is 0 Å². The number of halogens is 4. The van der Waals surface area contributed by atoms with E-state index in [9.17, 15) is 13.2 Å². The van der Waals surface area contributed by atoms with Crippen LogP contribution in [-0.2, 0) is 0 Å². The maximum Gasteiger partial charge on any atom is 0.133 e. The molecule has 0 aromatic heterocycles. The molecule has 2 rings (SSSR count). The second-order valence-electron chi connectivity index (χ2n) is 4.07. The van der Waals surface area contributed by atoms with Gasteiger partial charge in [-0.05, 0) is 12.3 Å². The lowest BCUT2D eigenvalue weighted by Gasteiger charge is -2.13. The maximum atomic E-state index is 13.3. The Balaban J connectivity index is 0.00000128. The summed E-state index contributed by atoms with van der Waals surface area (Å²) in [7, 11) is 0. The van der Waals surface area contributed by atoms with E-state index in [1.54, 1.807) is 0 Å². The molecule has 1 aliphatic rings. The normalized spacial score (nSPS) is 16.8. The fourth-order valence-electron chi connectivity index (χ4n) is 1.74. The first-order valence-electron chi connectivity index (χ1n) is 4.98. The van der Waals surface area contributed by atoms with E-state index in [-0.39, 0.29) is 18.0 Å². The third-order valence-corrected chi connectivity index (χ3v) is 2.70. The minimum absolute atomic E-state index is 0. The molecule has 1 aromatic carbocycles. The lowest BCUT2D eigenvalue weighted by Crippen LogP contribution is -2.15. The smallest absolute Gasteiger partial charge is 0.133 e. The molecule has 1 aromatic rings. The van der Waals surface area contributed by atoms with Crippen LogP contribution in [0.25, 0.3) is 0 Å². The first kappa shape index (κ1) is 13.3. The topological polar surface area (TPSA) is 26.0 Å². The third kappa shape index (κ3) is 2.89. The minimum atomic E-state index is -0.910. The van der Waals surface area contributed by atoms with Crippen LogP contribution < -0.4 is 5.73 Å². The highest BCUT2D eigenvalue weighted by Gasteiger charge is 2.27. The van der Waals surface area contributed by atoms with Gasteiger partial charge in [-0.3, -0.25) is 0 Å². The zero-order valence-corrected chi connectivity index (χ0v) is 9.37. The minimum Gasteiger partial charge on any atom is -0.324 e. The second-order valence-corrected chi connectivity index (χ2v) is 4.07. The number of hydrogen-bond donors (Lipinski definition) is 1. The molecule has 5 heteroatoms. The van der Waals surface area contributed by atoms with Gasteiger partial charge in [0, 0.05) is 23.7 Å². The summed E-state index contributed by atoms with van der Waals surface area (Å²) in [6.45, 7) is 0. The van der Waals surface area contributed by atoms with Crippen molar-refractivity contribution in [2.75, 3.05) is 0 Å². The Morgan fingerprint density at radius 2 is 1.69 bits per heavy atom. The van der Waals surface area contributed by atoms with Gasteiger partial charge in [-0.25, -0.2) is 13.2 Å². The first-order chi connectivity index (χ1) is 7.08. The molecule has 2 N–H and O–H groups in total. The van der Waals surface area contributed by atoms with Gasteiger partial charge in [0.05, 0.1) is 0 Å². The highest BCUT2D eigenvalue weighted by atomic mass is 35.5. The van der Waals surface area contributed by atoms with E-state index in [1.807, 2.05) is 0 Å². The quantitative estimate of drug-likeness (QED) is 0.876. The van der Waals surface area contributed by atoms with Crippen LogP contribution in [0.5, 0.6) is 0 Å². The van der Waals surface area contributed by atoms with Gasteiger partial charge in [0.1, 0.15) is 17.5 Å². The largest absolute Gasteiger partial charge is 0.324 e. The zero-order valence-electron chi connectivity index (χ0n) is 8.55. The lowest BCUT2D eigenvalue weighted by atomic mass is 10.0. The molecule has 1 atom stereocenters. The van der Waals surface area contributed by atoms with Crippen molar-refractivity contribution in [3.05, 3.63) is 35.1 Å². The summed E-state index contributed by atoms with van der Waals surface area (Å²) >= 11 is 0. The number of nitrogens with two attached hydrogens (primary N) is 1. The Hall–Kier alpha value is -0.740. The van der Waals surface area contributed by atoms with Crippen LogP contribution in [0, 0.1) is 23.4 Å². The molecule has 0 bridgehead atoms. The van der Waals surface area contributed by atoms with Crippen molar-refractivity contribution in [2.24, 2.45) is 11.7 Å². The van der Waals surface area contributed by atoms with Gasteiger partial charge in [0.15, 0.2) is 0 Å². The molecule has 1 aliphatic carbocycles. The maximum absolute atomic E-state index is 13.3. The molecular weight excluding hydrogens is 239 g/mol. The zero-order chi connectivity index (χ0) is 11.0. The molecule has 90 valence electrons. The number of rotatable bonds is 3. The monoisotopic (exact) mass is 251 g/mol. The summed E-state index contributed by atoms with van der Waals surface area (Å²) in [5, 5.41) is 0. The summed E-state index contributed by atoms with van der Waals surface area (Å²) in [6, 6.07) is 0.675. The fourth-order valence-corrected chi connectivity index (χ4v) is 1.74. The Labute approximate surface area is 98.2 Å². The molecule has 1 nitrogen and oxygen atoms in total. The van der Waals surface area contributed by atoms with Gasteiger partial charge in [-0.15, -0.1) is 12.4 Å². The standard InChI is InChI=1S/C11H12F3N.ClH/c12-7-4-8(13)11(9(14)5-7)10(15)3-6-1-2-6;/h4-6,10H,1-3,15H2;1H/t10-;/m1./s1. The van der Waals surface area contributed by atoms with Gasteiger partial charge in [-0.1, -0.05) is 12.8 Å². The van der Waals surface area contributed by atoms with Crippen molar-refractivity contribution < 1.29 is 13.2 Å². The van der Waals surface area contributed by atoms with E-state index in [0.717, 1.165) is 12.8 Å². The Kier molecular flexibility index (Phi) is 4.21. The summed E-state index contributed by atoms with van der Waals surface area (Å²) in [5.41, 5.74) is 5.49. The van der Waals surface area contributed by atoms with Gasteiger partial charge < -0.3 is 5.73 Å². The van der Waals surface area contributed by atoms with Crippen LogP contribution >= 0.6 is 12.4 Å². The van der Waals surface area contributed by atoms with Crippen LogP contribution in [0.1, 0.15) is 30.9 Å². The van der Waals surface area contributed by atoms with E-state index in [0.29, 0.717) is 24.5 Å². The molecule has 0 radical (unpaired) electrons. The highest BCUT2D eigenvalue weighted by molar-refractivity contribution is 5.85. The average molecular weight is 252 g/mol. The summed E-state index contributed by atoms with van der Waals surface area (Å²) in [4.78, 5) is 0. The molecule has 0 amide bonds. The van der Waals surface area contributed by atoms with Crippen LogP contribution in [0.2, 0.25) is 0 Å². The third-order valence-electron chi connectivity index (χ3n) is 2.70. The molecule has 16 heavy (non-hydrogen) atoms. The summed E-state index contributed by atoms with van der Waals surface area (Å²) in [5.74, 6) is -2.21. The van der Waals surface area contributed by atoms with Gasteiger partial charge in [0.25, 0.3) is 0 Å². The fraction of sp³-hybridized carbons (Fsp3) is 0.455. The average Bonchev–Trinajstić information content (AvgIpc) is 2.85. The molecular formula is C11H13ClF3N. The van der Waals surface area contributed by atoms with Crippen molar-refractivity contribution in [1.29, 1.82) is 0 Å². The van der Waals surface area contributed by atoms with Gasteiger partial charge >= 0.3 is 0 Å². The summed E-state index contributed by atoms with van der Waals surface area (Å²) < 4.78 is 39.2. The molecule has 0 unspecified atom stereocenters. The lowest BCUT2D eigenvalue weighted by molar-refractivity contribution is 0.483. The molecule has 0 aliphatic heterocycles. The predicted molar refractivity (Wildman–Crippen MR) is 57.8 cm³/mol. The Bertz CT molecular complexity index is 356. The molecule has 0 heterocycles. The van der Waals surface area contributed by atoms with Crippen LogP contribution in [-0.4, -0.2) is 0 Å². The van der Waals surface area contributed by atoms with E-state index in [4.69, 9.17) is 5.73 Å². The SMILES string of the molecule is Cl.N[C@H](CC1CC1)c1c(F)cc(F)cc1F. The molecule has 1 fully saturated rings. The van der Waals surface area contributed by atoms with Crippen molar-refractivity contribution in [3.8, 4) is 0 Å². The summed E-state index contributed by atoms with van der Waals surface area (Å²) in [6.07, 6.45) is 2.70.